The first-order valence-electron chi connectivity index (χ1n) is 9.43. The molecule has 1 heterocycles. The monoisotopic (exact) mass is 384 g/mol. The van der Waals surface area contributed by atoms with Crippen molar-refractivity contribution in [2.24, 2.45) is 0 Å². The van der Waals surface area contributed by atoms with E-state index in [4.69, 9.17) is 0 Å². The van der Waals surface area contributed by atoms with Crippen LogP contribution < -0.4 is 10.6 Å². The fourth-order valence-corrected chi connectivity index (χ4v) is 3.38. The van der Waals surface area contributed by atoms with E-state index in [-0.39, 0.29) is 24.1 Å². The summed E-state index contributed by atoms with van der Waals surface area (Å²) in [5.74, 6) is -1.86. The summed E-state index contributed by atoms with van der Waals surface area (Å²) >= 11 is 0. The summed E-state index contributed by atoms with van der Waals surface area (Å²) in [7, 11) is 0. The second kappa shape index (κ2) is 9.16. The molecule has 0 spiro atoms. The Bertz CT molecular complexity index is 828. The van der Waals surface area contributed by atoms with E-state index in [1.807, 2.05) is 0 Å². The SMILES string of the molecule is O=C(Cn1cc(C(=O)N[C@@H](C(=O)O)c2ccccc2)cn1)NC1CCCCC1. The van der Waals surface area contributed by atoms with Gasteiger partial charge >= 0.3 is 5.97 Å². The Morgan fingerprint density at radius 1 is 1.14 bits per heavy atom. The molecule has 1 atom stereocenters. The predicted octanol–water partition coefficient (Wildman–Crippen LogP) is 1.89. The Kier molecular flexibility index (Phi) is 6.41. The van der Waals surface area contributed by atoms with Crippen molar-refractivity contribution in [2.45, 2.75) is 50.7 Å². The number of aromatic nitrogens is 2. The molecule has 3 rings (SSSR count). The van der Waals surface area contributed by atoms with Crippen LogP contribution in [0.3, 0.4) is 0 Å². The third kappa shape index (κ3) is 5.18. The minimum atomic E-state index is -1.16. The molecule has 0 unspecified atom stereocenters. The molecule has 0 saturated heterocycles. The van der Waals surface area contributed by atoms with E-state index >= 15 is 0 Å². The van der Waals surface area contributed by atoms with E-state index in [1.165, 1.54) is 23.5 Å². The molecule has 28 heavy (non-hydrogen) atoms. The van der Waals surface area contributed by atoms with Gasteiger partial charge in [-0.25, -0.2) is 4.79 Å². The lowest BCUT2D eigenvalue weighted by atomic mass is 9.95. The molecule has 3 N–H and O–H groups in total. The van der Waals surface area contributed by atoms with Crippen molar-refractivity contribution in [3.8, 4) is 0 Å². The number of carbonyl (C=O) groups excluding carboxylic acids is 2. The fourth-order valence-electron chi connectivity index (χ4n) is 3.38. The molecule has 1 aliphatic rings. The highest BCUT2D eigenvalue weighted by molar-refractivity contribution is 5.96. The lowest BCUT2D eigenvalue weighted by Gasteiger charge is -2.22. The number of benzene rings is 1. The number of carbonyl (C=O) groups is 3. The predicted molar refractivity (Wildman–Crippen MR) is 102 cm³/mol. The Morgan fingerprint density at radius 3 is 2.54 bits per heavy atom. The van der Waals surface area contributed by atoms with Crippen molar-refractivity contribution in [3.05, 3.63) is 53.9 Å². The summed E-state index contributed by atoms with van der Waals surface area (Å²) in [4.78, 5) is 36.1. The van der Waals surface area contributed by atoms with Crippen LogP contribution in [-0.2, 0) is 16.1 Å². The van der Waals surface area contributed by atoms with Gasteiger partial charge in [-0.3, -0.25) is 14.3 Å². The smallest absolute Gasteiger partial charge is 0.330 e. The standard InChI is InChI=1S/C20H24N4O4/c25-17(22-16-9-5-2-6-10-16)13-24-12-15(11-21-24)19(26)23-18(20(27)28)14-7-3-1-4-8-14/h1,3-4,7-8,11-12,16,18H,2,5-6,9-10,13H2,(H,22,25)(H,23,26)(H,27,28)/t18-/m1/s1. The summed E-state index contributed by atoms with van der Waals surface area (Å²) in [6.07, 6.45) is 8.23. The second-order valence-electron chi connectivity index (χ2n) is 6.98. The van der Waals surface area contributed by atoms with Gasteiger partial charge in [-0.05, 0) is 18.4 Å². The Morgan fingerprint density at radius 2 is 1.86 bits per heavy atom. The minimum absolute atomic E-state index is 0.0187. The molecule has 2 amide bonds. The summed E-state index contributed by atoms with van der Waals surface area (Å²) in [5.41, 5.74) is 0.676. The van der Waals surface area contributed by atoms with Gasteiger partial charge in [0.15, 0.2) is 6.04 Å². The van der Waals surface area contributed by atoms with Gasteiger partial charge in [-0.15, -0.1) is 0 Å². The van der Waals surface area contributed by atoms with E-state index in [0.717, 1.165) is 25.7 Å². The van der Waals surface area contributed by atoms with Crippen molar-refractivity contribution in [1.82, 2.24) is 20.4 Å². The number of nitrogens with one attached hydrogen (secondary N) is 2. The molecule has 8 nitrogen and oxygen atoms in total. The molecule has 0 aliphatic heterocycles. The molecule has 148 valence electrons. The second-order valence-corrected chi connectivity index (χ2v) is 6.98. The maximum atomic E-state index is 12.4. The van der Waals surface area contributed by atoms with E-state index in [2.05, 4.69) is 15.7 Å². The lowest BCUT2D eigenvalue weighted by molar-refractivity contribution is -0.139. The topological polar surface area (TPSA) is 113 Å². The van der Waals surface area contributed by atoms with Crippen LogP contribution in [0.1, 0.15) is 54.1 Å². The molecule has 1 aromatic carbocycles. The van der Waals surface area contributed by atoms with Gasteiger partial charge in [0.1, 0.15) is 6.54 Å². The van der Waals surface area contributed by atoms with Crippen LogP contribution in [0.2, 0.25) is 0 Å². The largest absolute Gasteiger partial charge is 0.479 e. The molecule has 0 radical (unpaired) electrons. The molecule has 2 aromatic rings. The number of hydrogen-bond acceptors (Lipinski definition) is 4. The van der Waals surface area contributed by atoms with E-state index in [0.29, 0.717) is 5.56 Å². The number of carboxylic acids is 1. The highest BCUT2D eigenvalue weighted by atomic mass is 16.4. The first-order chi connectivity index (χ1) is 13.5. The molecule has 1 fully saturated rings. The number of rotatable bonds is 7. The Labute approximate surface area is 162 Å². The molecule has 0 bridgehead atoms. The van der Waals surface area contributed by atoms with Crippen LogP contribution in [0.5, 0.6) is 0 Å². The third-order valence-corrected chi connectivity index (χ3v) is 4.83. The van der Waals surface area contributed by atoms with Gasteiger partial charge in [0.25, 0.3) is 5.91 Å². The van der Waals surface area contributed by atoms with Crippen molar-refractivity contribution < 1.29 is 19.5 Å². The summed E-state index contributed by atoms with van der Waals surface area (Å²) in [5, 5.41) is 18.9. The zero-order valence-corrected chi connectivity index (χ0v) is 15.5. The summed E-state index contributed by atoms with van der Waals surface area (Å²) in [6, 6.07) is 7.51. The summed E-state index contributed by atoms with van der Waals surface area (Å²) in [6.45, 7) is 0.0187. The van der Waals surface area contributed by atoms with Gasteiger partial charge in [-0.1, -0.05) is 49.6 Å². The fraction of sp³-hybridized carbons (Fsp3) is 0.400. The highest BCUT2D eigenvalue weighted by Gasteiger charge is 2.23. The average molecular weight is 384 g/mol. The zero-order chi connectivity index (χ0) is 19.9. The van der Waals surface area contributed by atoms with Gasteiger partial charge < -0.3 is 15.7 Å². The number of amides is 2. The van der Waals surface area contributed by atoms with Crippen LogP contribution in [-0.4, -0.2) is 38.7 Å². The summed E-state index contributed by atoms with van der Waals surface area (Å²) < 4.78 is 1.38. The van der Waals surface area contributed by atoms with Crippen LogP contribution >= 0.6 is 0 Å². The first kappa shape index (κ1) is 19.6. The van der Waals surface area contributed by atoms with Crippen molar-refractivity contribution in [1.29, 1.82) is 0 Å². The zero-order valence-electron chi connectivity index (χ0n) is 15.5. The van der Waals surface area contributed by atoms with Crippen molar-refractivity contribution in [3.63, 3.8) is 0 Å². The van der Waals surface area contributed by atoms with Crippen molar-refractivity contribution >= 4 is 17.8 Å². The number of carboxylic acid groups (broad SMARTS) is 1. The van der Waals surface area contributed by atoms with E-state index in [1.54, 1.807) is 30.3 Å². The van der Waals surface area contributed by atoms with Gasteiger partial charge in [0.05, 0.1) is 11.8 Å². The lowest BCUT2D eigenvalue weighted by Crippen LogP contribution is -2.38. The van der Waals surface area contributed by atoms with Gasteiger partial charge in [-0.2, -0.15) is 5.10 Å². The van der Waals surface area contributed by atoms with Gasteiger partial charge in [0, 0.05) is 12.2 Å². The van der Waals surface area contributed by atoms with Crippen LogP contribution in [0.4, 0.5) is 0 Å². The number of hydrogen-bond donors (Lipinski definition) is 3. The first-order valence-corrected chi connectivity index (χ1v) is 9.43. The Balaban J connectivity index is 1.58. The van der Waals surface area contributed by atoms with Crippen LogP contribution in [0.25, 0.3) is 0 Å². The van der Waals surface area contributed by atoms with Crippen molar-refractivity contribution in [2.75, 3.05) is 0 Å². The third-order valence-electron chi connectivity index (χ3n) is 4.83. The van der Waals surface area contributed by atoms with Crippen LogP contribution in [0.15, 0.2) is 42.7 Å². The molecule has 8 heteroatoms. The normalized spacial score (nSPS) is 15.6. The maximum Gasteiger partial charge on any atom is 0.330 e. The Hall–Kier alpha value is -3.16. The molecular formula is C20H24N4O4. The molecule has 1 aliphatic carbocycles. The highest BCUT2D eigenvalue weighted by Crippen LogP contribution is 2.17. The average Bonchev–Trinajstić information content (AvgIpc) is 3.15. The number of aliphatic carboxylic acids is 1. The van der Waals surface area contributed by atoms with E-state index < -0.39 is 17.9 Å². The molecule has 1 saturated carbocycles. The maximum absolute atomic E-state index is 12.4. The van der Waals surface area contributed by atoms with Gasteiger partial charge in [0.2, 0.25) is 5.91 Å². The molecular weight excluding hydrogens is 360 g/mol. The minimum Gasteiger partial charge on any atom is -0.479 e. The van der Waals surface area contributed by atoms with E-state index in [9.17, 15) is 19.5 Å². The quantitative estimate of drug-likeness (QED) is 0.675. The molecule has 1 aromatic heterocycles. The number of nitrogens with zero attached hydrogens (tertiary/aromatic N) is 2. The van der Waals surface area contributed by atoms with Crippen LogP contribution in [0, 0.1) is 0 Å².